The fourth-order valence-electron chi connectivity index (χ4n) is 3.49. The largest absolute Gasteiger partial charge is 0.279 e. The summed E-state index contributed by atoms with van der Waals surface area (Å²) in [5.74, 6) is 0. The van der Waals surface area contributed by atoms with Gasteiger partial charge < -0.3 is 0 Å². The summed E-state index contributed by atoms with van der Waals surface area (Å²) in [5, 5.41) is 13.1. The van der Waals surface area contributed by atoms with Crippen molar-refractivity contribution in [1.29, 1.82) is 0 Å². The Labute approximate surface area is 150 Å². The zero-order chi connectivity index (χ0) is 18.5. The van der Waals surface area contributed by atoms with Crippen molar-refractivity contribution in [3.05, 3.63) is 75.3 Å². The summed E-state index contributed by atoms with van der Waals surface area (Å²) in [7, 11) is -3.94. The van der Waals surface area contributed by atoms with Gasteiger partial charge >= 0.3 is 0 Å². The lowest BCUT2D eigenvalue weighted by molar-refractivity contribution is -0.385. The maximum Gasteiger partial charge on any atom is 0.273 e. The van der Waals surface area contributed by atoms with E-state index in [4.69, 9.17) is 0 Å². The highest BCUT2D eigenvalue weighted by molar-refractivity contribution is 7.92. The normalized spacial score (nSPS) is 13.1. The van der Waals surface area contributed by atoms with Gasteiger partial charge in [-0.2, -0.15) is 0 Å². The van der Waals surface area contributed by atoms with Gasteiger partial charge in [-0.15, -0.1) is 0 Å². The monoisotopic (exact) mass is 368 g/mol. The second-order valence-electron chi connectivity index (χ2n) is 6.42. The summed E-state index contributed by atoms with van der Waals surface area (Å²) in [6.07, 6.45) is 1.90. The Morgan fingerprint density at radius 3 is 2.50 bits per heavy atom. The molecule has 3 aromatic carbocycles. The van der Waals surface area contributed by atoms with E-state index in [1.54, 1.807) is 13.0 Å². The zero-order valence-corrected chi connectivity index (χ0v) is 14.8. The minimum absolute atomic E-state index is 0.127. The van der Waals surface area contributed by atoms with Crippen molar-refractivity contribution < 1.29 is 13.3 Å². The molecule has 1 N–H and O–H groups in total. The molecule has 1 aliphatic carbocycles. The molecular formula is C19H16N2O4S. The van der Waals surface area contributed by atoms with Crippen LogP contribution in [0, 0.1) is 17.0 Å². The number of benzene rings is 3. The quantitative estimate of drug-likeness (QED) is 0.558. The number of anilines is 1. The molecule has 4 rings (SSSR count). The number of nitro benzene ring substituents is 1. The number of nitrogens with one attached hydrogen (secondary N) is 1. The van der Waals surface area contributed by atoms with Crippen molar-refractivity contribution in [1.82, 2.24) is 0 Å². The van der Waals surface area contributed by atoms with Gasteiger partial charge in [0.2, 0.25) is 0 Å². The maximum atomic E-state index is 12.8. The van der Waals surface area contributed by atoms with Gasteiger partial charge in [-0.25, -0.2) is 8.42 Å². The fourth-order valence-corrected chi connectivity index (χ4v) is 4.59. The molecule has 0 atom stereocenters. The highest BCUT2D eigenvalue weighted by Crippen LogP contribution is 2.36. The van der Waals surface area contributed by atoms with Gasteiger partial charge in [0.15, 0.2) is 0 Å². The molecule has 0 saturated carbocycles. The molecule has 0 aromatic heterocycles. The van der Waals surface area contributed by atoms with E-state index < -0.39 is 14.9 Å². The molecule has 0 amide bonds. The summed E-state index contributed by atoms with van der Waals surface area (Å²) in [5.41, 5.74) is 3.11. The first-order chi connectivity index (χ1) is 12.4. The number of sulfonamides is 1. The van der Waals surface area contributed by atoms with Crippen LogP contribution in [0.2, 0.25) is 0 Å². The number of hydrogen-bond donors (Lipinski definition) is 1. The predicted molar refractivity (Wildman–Crippen MR) is 100.0 cm³/mol. The Hall–Kier alpha value is -2.93. The van der Waals surface area contributed by atoms with E-state index in [9.17, 15) is 18.5 Å². The van der Waals surface area contributed by atoms with Crippen molar-refractivity contribution in [2.45, 2.75) is 24.7 Å². The van der Waals surface area contributed by atoms with E-state index in [2.05, 4.69) is 10.8 Å². The summed E-state index contributed by atoms with van der Waals surface area (Å²) in [6, 6.07) is 13.5. The van der Waals surface area contributed by atoms with Crippen LogP contribution in [0.15, 0.2) is 53.4 Å². The molecule has 3 aromatic rings. The van der Waals surface area contributed by atoms with Crippen molar-refractivity contribution in [3.8, 4) is 0 Å². The molecule has 6 nitrogen and oxygen atoms in total. The molecule has 0 spiro atoms. The SMILES string of the molecule is Cc1ccc(S(=O)(=O)Nc2ccc3c4c(cccc24)CC3)cc1[N+](=O)[O-]. The lowest BCUT2D eigenvalue weighted by atomic mass is 10.0. The van der Waals surface area contributed by atoms with E-state index in [1.165, 1.54) is 23.3 Å². The number of rotatable bonds is 4. The summed E-state index contributed by atoms with van der Waals surface area (Å²) in [4.78, 5) is 10.4. The molecule has 0 saturated heterocycles. The van der Waals surface area contributed by atoms with Crippen LogP contribution in [0.1, 0.15) is 16.7 Å². The Bertz CT molecular complexity index is 1160. The highest BCUT2D eigenvalue weighted by atomic mass is 32.2. The van der Waals surface area contributed by atoms with Crippen LogP contribution in [-0.4, -0.2) is 13.3 Å². The molecule has 0 radical (unpaired) electrons. The van der Waals surface area contributed by atoms with Crippen LogP contribution in [-0.2, 0) is 22.9 Å². The van der Waals surface area contributed by atoms with E-state index in [1.807, 2.05) is 18.2 Å². The fraction of sp³-hybridized carbons (Fsp3) is 0.158. The zero-order valence-electron chi connectivity index (χ0n) is 14.0. The van der Waals surface area contributed by atoms with Crippen LogP contribution in [0.4, 0.5) is 11.4 Å². The summed E-state index contributed by atoms with van der Waals surface area (Å²) < 4.78 is 28.2. The van der Waals surface area contributed by atoms with Gasteiger partial charge in [0.25, 0.3) is 15.7 Å². The van der Waals surface area contributed by atoms with Crippen molar-refractivity contribution in [3.63, 3.8) is 0 Å². The topological polar surface area (TPSA) is 89.3 Å². The molecule has 0 unspecified atom stereocenters. The van der Waals surface area contributed by atoms with Crippen molar-refractivity contribution in [2.75, 3.05) is 4.72 Å². The Balaban J connectivity index is 1.80. The minimum atomic E-state index is -3.94. The first-order valence-electron chi connectivity index (χ1n) is 8.18. The van der Waals surface area contributed by atoms with E-state index in [-0.39, 0.29) is 10.6 Å². The molecule has 0 aliphatic heterocycles. The smallest absolute Gasteiger partial charge is 0.273 e. The summed E-state index contributed by atoms with van der Waals surface area (Å²) in [6.45, 7) is 1.57. The molecule has 132 valence electrons. The van der Waals surface area contributed by atoms with E-state index in [0.717, 1.165) is 29.7 Å². The molecule has 0 fully saturated rings. The molecule has 0 heterocycles. The lowest BCUT2D eigenvalue weighted by Gasteiger charge is -2.12. The van der Waals surface area contributed by atoms with Crippen LogP contribution >= 0.6 is 0 Å². The second-order valence-corrected chi connectivity index (χ2v) is 8.11. The highest BCUT2D eigenvalue weighted by Gasteiger charge is 2.22. The van der Waals surface area contributed by atoms with Gasteiger partial charge in [-0.3, -0.25) is 14.8 Å². The third-order valence-electron chi connectivity index (χ3n) is 4.81. The Kier molecular flexibility index (Phi) is 3.69. The van der Waals surface area contributed by atoms with Crippen LogP contribution in [0.25, 0.3) is 10.8 Å². The average Bonchev–Trinajstić information content (AvgIpc) is 3.02. The Morgan fingerprint density at radius 2 is 1.77 bits per heavy atom. The number of hydrogen-bond acceptors (Lipinski definition) is 4. The first kappa shape index (κ1) is 16.5. The Morgan fingerprint density at radius 1 is 1.04 bits per heavy atom. The van der Waals surface area contributed by atoms with Crippen molar-refractivity contribution >= 4 is 32.2 Å². The molecule has 1 aliphatic rings. The minimum Gasteiger partial charge on any atom is -0.279 e. The van der Waals surface area contributed by atoms with Crippen molar-refractivity contribution in [2.24, 2.45) is 0 Å². The van der Waals surface area contributed by atoms with Gasteiger partial charge in [-0.05, 0) is 48.4 Å². The van der Waals surface area contributed by atoms with Gasteiger partial charge in [0.05, 0.1) is 15.5 Å². The van der Waals surface area contributed by atoms with Crippen LogP contribution < -0.4 is 4.72 Å². The lowest BCUT2D eigenvalue weighted by Crippen LogP contribution is -2.13. The average molecular weight is 368 g/mol. The molecule has 7 heteroatoms. The maximum absolute atomic E-state index is 12.8. The first-order valence-corrected chi connectivity index (χ1v) is 9.66. The van der Waals surface area contributed by atoms with E-state index in [0.29, 0.717) is 11.3 Å². The van der Waals surface area contributed by atoms with E-state index >= 15 is 0 Å². The standard InChI is InChI=1S/C19H16N2O4S/c1-12-5-9-15(11-18(12)21(22)23)26(24,25)20-17-10-8-14-7-6-13-3-2-4-16(17)19(13)14/h2-5,8-11,20H,6-7H2,1H3. The van der Waals surface area contributed by atoms with Crippen LogP contribution in [0.5, 0.6) is 0 Å². The van der Waals surface area contributed by atoms with Gasteiger partial charge in [-0.1, -0.05) is 30.3 Å². The third kappa shape index (κ3) is 2.61. The molecular weight excluding hydrogens is 352 g/mol. The predicted octanol–water partition coefficient (Wildman–Crippen LogP) is 3.96. The number of nitro groups is 1. The van der Waals surface area contributed by atoms with Crippen LogP contribution in [0.3, 0.4) is 0 Å². The number of aryl methyl sites for hydroxylation is 3. The third-order valence-corrected chi connectivity index (χ3v) is 6.17. The van der Waals surface area contributed by atoms with Gasteiger partial charge in [0, 0.05) is 17.0 Å². The second kappa shape index (κ2) is 5.81. The molecule has 0 bridgehead atoms. The summed E-state index contributed by atoms with van der Waals surface area (Å²) >= 11 is 0. The van der Waals surface area contributed by atoms with Gasteiger partial charge in [0.1, 0.15) is 0 Å². The molecule has 26 heavy (non-hydrogen) atoms. The number of nitrogens with zero attached hydrogens (tertiary/aromatic N) is 1.